The fourth-order valence-electron chi connectivity index (χ4n) is 2.50. The van der Waals surface area contributed by atoms with E-state index in [2.05, 4.69) is 15.1 Å². The molecule has 6 nitrogen and oxygen atoms in total. The Bertz CT molecular complexity index is 231. The van der Waals surface area contributed by atoms with Gasteiger partial charge in [0, 0.05) is 52.4 Å². The highest BCUT2D eigenvalue weighted by Gasteiger charge is 2.14. The average Bonchev–Trinajstić information content (AvgIpc) is 2.46. The second-order valence-electron chi connectivity index (χ2n) is 5.18. The Labute approximate surface area is 115 Å². The molecule has 0 aromatic heterocycles. The van der Waals surface area contributed by atoms with Crippen molar-refractivity contribution in [3.05, 3.63) is 0 Å². The Morgan fingerprint density at radius 3 is 2.58 bits per heavy atom. The summed E-state index contributed by atoms with van der Waals surface area (Å²) in [6.07, 6.45) is 0.321. The maximum Gasteiger partial charge on any atom is 0.167 e. The Balaban J connectivity index is 1.47. The topological polar surface area (TPSA) is 57.2 Å². The molecule has 2 saturated heterocycles. The number of hydrogen-bond acceptors (Lipinski definition) is 6. The molecule has 0 saturated carbocycles. The summed E-state index contributed by atoms with van der Waals surface area (Å²) in [7, 11) is 0. The van der Waals surface area contributed by atoms with E-state index in [1.165, 1.54) is 0 Å². The summed E-state index contributed by atoms with van der Waals surface area (Å²) >= 11 is 0. The van der Waals surface area contributed by atoms with Gasteiger partial charge in [0.2, 0.25) is 0 Å². The summed E-state index contributed by atoms with van der Waals surface area (Å²) in [4.78, 5) is 4.62. The second-order valence-corrected chi connectivity index (χ2v) is 5.18. The van der Waals surface area contributed by atoms with Gasteiger partial charge in [-0.15, -0.1) is 0 Å². The summed E-state index contributed by atoms with van der Waals surface area (Å²) in [6.45, 7) is 10.00. The Morgan fingerprint density at radius 1 is 1.11 bits per heavy atom. The molecular formula is C13H27N3O3. The van der Waals surface area contributed by atoms with E-state index in [9.17, 15) is 5.11 Å². The van der Waals surface area contributed by atoms with Gasteiger partial charge in [0.05, 0.1) is 19.8 Å². The lowest BCUT2D eigenvalue weighted by atomic mass is 10.3. The monoisotopic (exact) mass is 273 g/mol. The first-order valence-electron chi connectivity index (χ1n) is 7.37. The Kier molecular flexibility index (Phi) is 7.05. The van der Waals surface area contributed by atoms with Gasteiger partial charge in [-0.05, 0) is 6.42 Å². The molecule has 0 aliphatic carbocycles. The van der Waals surface area contributed by atoms with E-state index in [4.69, 9.17) is 9.47 Å². The highest BCUT2D eigenvalue weighted by atomic mass is 16.6. The van der Waals surface area contributed by atoms with Crippen LogP contribution >= 0.6 is 0 Å². The number of β-amino-alcohol motifs (C(OH)–C–C–N with tert-alkyl or cyclic N) is 1. The molecule has 0 bridgehead atoms. The van der Waals surface area contributed by atoms with Gasteiger partial charge >= 0.3 is 0 Å². The summed E-state index contributed by atoms with van der Waals surface area (Å²) in [6, 6.07) is 0. The molecule has 1 unspecified atom stereocenters. The van der Waals surface area contributed by atoms with Crippen molar-refractivity contribution in [3.8, 4) is 0 Å². The molecule has 112 valence electrons. The molecule has 2 aliphatic heterocycles. The number of nitrogens with zero attached hydrogens (tertiary/aromatic N) is 2. The third-order valence-corrected chi connectivity index (χ3v) is 3.66. The van der Waals surface area contributed by atoms with Crippen LogP contribution in [-0.4, -0.2) is 93.4 Å². The predicted molar refractivity (Wildman–Crippen MR) is 73.1 cm³/mol. The van der Waals surface area contributed by atoms with E-state index in [0.29, 0.717) is 13.2 Å². The second kappa shape index (κ2) is 8.84. The summed E-state index contributed by atoms with van der Waals surface area (Å²) in [5.41, 5.74) is 0. The SMILES string of the molecule is OC(CN1CCNCC1)OCCCN1CCOCC1. The molecule has 6 heteroatoms. The maximum absolute atomic E-state index is 9.82. The molecule has 0 spiro atoms. The lowest BCUT2D eigenvalue weighted by Crippen LogP contribution is -2.46. The summed E-state index contributed by atoms with van der Waals surface area (Å²) in [5, 5.41) is 13.1. The first kappa shape index (κ1) is 15.2. The molecule has 0 amide bonds. The predicted octanol–water partition coefficient (Wildman–Crippen LogP) is -1.05. The van der Waals surface area contributed by atoms with E-state index < -0.39 is 6.29 Å². The van der Waals surface area contributed by atoms with Crippen LogP contribution in [0.3, 0.4) is 0 Å². The van der Waals surface area contributed by atoms with Crippen LogP contribution in [0.25, 0.3) is 0 Å². The third-order valence-electron chi connectivity index (χ3n) is 3.66. The largest absolute Gasteiger partial charge is 0.379 e. The van der Waals surface area contributed by atoms with E-state index in [-0.39, 0.29) is 0 Å². The molecule has 0 aromatic carbocycles. The van der Waals surface area contributed by atoms with Gasteiger partial charge in [0.25, 0.3) is 0 Å². The fourth-order valence-corrected chi connectivity index (χ4v) is 2.50. The van der Waals surface area contributed by atoms with Crippen LogP contribution < -0.4 is 5.32 Å². The molecule has 2 N–H and O–H groups in total. The normalized spacial score (nSPS) is 24.5. The molecule has 0 radical (unpaired) electrons. The van der Waals surface area contributed by atoms with Crippen molar-refractivity contribution < 1.29 is 14.6 Å². The highest BCUT2D eigenvalue weighted by molar-refractivity contribution is 4.68. The number of piperazine rings is 1. The summed E-state index contributed by atoms with van der Waals surface area (Å²) < 4.78 is 10.8. The number of rotatable bonds is 7. The number of aliphatic hydroxyl groups is 1. The van der Waals surface area contributed by atoms with Crippen molar-refractivity contribution >= 4 is 0 Å². The molecule has 2 fully saturated rings. The molecular weight excluding hydrogens is 246 g/mol. The van der Waals surface area contributed by atoms with Gasteiger partial charge in [-0.3, -0.25) is 9.80 Å². The van der Waals surface area contributed by atoms with Crippen LogP contribution in [0.1, 0.15) is 6.42 Å². The Morgan fingerprint density at radius 2 is 1.84 bits per heavy atom. The Hall–Kier alpha value is -0.240. The smallest absolute Gasteiger partial charge is 0.167 e. The lowest BCUT2D eigenvalue weighted by molar-refractivity contribution is -0.116. The van der Waals surface area contributed by atoms with Gasteiger partial charge in [-0.2, -0.15) is 0 Å². The van der Waals surface area contributed by atoms with Crippen LogP contribution in [0, 0.1) is 0 Å². The van der Waals surface area contributed by atoms with Crippen LogP contribution in [0.2, 0.25) is 0 Å². The quantitative estimate of drug-likeness (QED) is 0.456. The van der Waals surface area contributed by atoms with Crippen LogP contribution in [0.15, 0.2) is 0 Å². The van der Waals surface area contributed by atoms with Crippen molar-refractivity contribution in [1.82, 2.24) is 15.1 Å². The van der Waals surface area contributed by atoms with Crippen molar-refractivity contribution in [3.63, 3.8) is 0 Å². The average molecular weight is 273 g/mol. The highest BCUT2D eigenvalue weighted by Crippen LogP contribution is 2.00. The molecule has 1 atom stereocenters. The molecule has 2 aliphatic rings. The number of aliphatic hydroxyl groups excluding tert-OH is 1. The van der Waals surface area contributed by atoms with Crippen LogP contribution in [0.5, 0.6) is 0 Å². The van der Waals surface area contributed by atoms with Gasteiger partial charge in [-0.25, -0.2) is 0 Å². The van der Waals surface area contributed by atoms with Crippen molar-refractivity contribution in [2.75, 3.05) is 72.2 Å². The van der Waals surface area contributed by atoms with Crippen LogP contribution in [-0.2, 0) is 9.47 Å². The summed E-state index contributed by atoms with van der Waals surface area (Å²) in [5.74, 6) is 0. The molecule has 19 heavy (non-hydrogen) atoms. The number of nitrogens with one attached hydrogen (secondary N) is 1. The molecule has 0 aromatic rings. The van der Waals surface area contributed by atoms with Crippen molar-refractivity contribution in [2.45, 2.75) is 12.7 Å². The molecule has 2 heterocycles. The fraction of sp³-hybridized carbons (Fsp3) is 1.00. The zero-order chi connectivity index (χ0) is 13.3. The number of morpholine rings is 1. The van der Waals surface area contributed by atoms with E-state index in [0.717, 1.165) is 65.4 Å². The lowest BCUT2D eigenvalue weighted by Gasteiger charge is -2.29. The zero-order valence-corrected chi connectivity index (χ0v) is 11.7. The zero-order valence-electron chi connectivity index (χ0n) is 11.7. The van der Waals surface area contributed by atoms with E-state index in [1.807, 2.05) is 0 Å². The first-order chi connectivity index (χ1) is 9.34. The van der Waals surface area contributed by atoms with Gasteiger partial charge in [0.1, 0.15) is 0 Å². The van der Waals surface area contributed by atoms with Gasteiger partial charge in [0.15, 0.2) is 6.29 Å². The standard InChI is InChI=1S/C13H27N3O3/c17-13(12-16-5-2-14-3-6-16)19-9-1-4-15-7-10-18-11-8-15/h13-14,17H,1-12H2. The third kappa shape index (κ3) is 6.16. The minimum Gasteiger partial charge on any atom is -0.379 e. The van der Waals surface area contributed by atoms with Crippen molar-refractivity contribution in [1.29, 1.82) is 0 Å². The van der Waals surface area contributed by atoms with Crippen molar-refractivity contribution in [2.24, 2.45) is 0 Å². The minimum atomic E-state index is -0.650. The van der Waals surface area contributed by atoms with Crippen LogP contribution in [0.4, 0.5) is 0 Å². The van der Waals surface area contributed by atoms with E-state index in [1.54, 1.807) is 0 Å². The molecule has 2 rings (SSSR count). The van der Waals surface area contributed by atoms with Gasteiger partial charge in [-0.1, -0.05) is 0 Å². The number of hydrogen-bond donors (Lipinski definition) is 2. The van der Waals surface area contributed by atoms with E-state index >= 15 is 0 Å². The first-order valence-corrected chi connectivity index (χ1v) is 7.37. The number of ether oxygens (including phenoxy) is 2. The van der Waals surface area contributed by atoms with Gasteiger partial charge < -0.3 is 19.9 Å². The minimum absolute atomic E-state index is 0.624. The maximum atomic E-state index is 9.82.